The number of nitro groups is 1. The van der Waals surface area contributed by atoms with E-state index in [1.165, 1.54) is 6.07 Å². The van der Waals surface area contributed by atoms with Gasteiger partial charge in [0.2, 0.25) is 5.75 Å². The number of pyridine rings is 1. The van der Waals surface area contributed by atoms with E-state index in [9.17, 15) is 36.5 Å². The monoisotopic (exact) mass is 352 g/mol. The molecule has 8 nitrogen and oxygen atoms in total. The van der Waals surface area contributed by atoms with Crippen LogP contribution in [-0.2, 0) is 17.2 Å². The SMILES string of the molecule is Cn1c(=O)c(OS(=O)(=O)C(F)(F)F)cc2cc([N+](=O)[O-])ccc21. The third kappa shape index (κ3) is 2.97. The molecular formula is C11H7F3N2O6S. The van der Waals surface area contributed by atoms with Gasteiger partial charge >= 0.3 is 15.6 Å². The summed E-state index contributed by atoms with van der Waals surface area (Å²) in [6.07, 6.45) is 0. The number of aromatic nitrogens is 1. The topological polar surface area (TPSA) is 109 Å². The first-order chi connectivity index (χ1) is 10.4. The van der Waals surface area contributed by atoms with Crippen molar-refractivity contribution in [2.24, 2.45) is 7.05 Å². The molecule has 0 spiro atoms. The molecule has 0 atom stereocenters. The minimum atomic E-state index is -6.03. The molecule has 0 radical (unpaired) electrons. The summed E-state index contributed by atoms with van der Waals surface area (Å²) in [5, 5.41) is 10.7. The third-order valence-corrected chi connectivity index (χ3v) is 3.83. The second kappa shape index (κ2) is 5.22. The van der Waals surface area contributed by atoms with Crippen LogP contribution in [0, 0.1) is 10.1 Å². The van der Waals surface area contributed by atoms with Crippen molar-refractivity contribution in [3.63, 3.8) is 0 Å². The highest BCUT2D eigenvalue weighted by Crippen LogP contribution is 2.27. The summed E-state index contributed by atoms with van der Waals surface area (Å²) in [6.45, 7) is 0. The number of nitrogens with zero attached hydrogens (tertiary/aromatic N) is 2. The van der Waals surface area contributed by atoms with Crippen LogP contribution in [0.2, 0.25) is 0 Å². The van der Waals surface area contributed by atoms with Gasteiger partial charge < -0.3 is 8.75 Å². The van der Waals surface area contributed by atoms with Crippen molar-refractivity contribution in [1.29, 1.82) is 0 Å². The Bertz CT molecular complexity index is 964. The van der Waals surface area contributed by atoms with Gasteiger partial charge in [0.1, 0.15) is 0 Å². The number of aryl methyl sites for hydroxylation is 1. The first-order valence-electron chi connectivity index (χ1n) is 5.73. The summed E-state index contributed by atoms with van der Waals surface area (Å²) in [5.41, 5.74) is -7.09. The van der Waals surface area contributed by atoms with E-state index in [0.29, 0.717) is 6.07 Å². The normalized spacial score (nSPS) is 12.3. The van der Waals surface area contributed by atoms with Crippen molar-refractivity contribution < 1.29 is 30.7 Å². The Labute approximate surface area is 126 Å². The molecule has 0 unspecified atom stereocenters. The van der Waals surface area contributed by atoms with Gasteiger partial charge in [-0.25, -0.2) is 0 Å². The number of benzene rings is 1. The molecule has 0 saturated carbocycles. The molecular weight excluding hydrogens is 345 g/mol. The van der Waals surface area contributed by atoms with Gasteiger partial charge in [0, 0.05) is 24.6 Å². The minimum Gasteiger partial charge on any atom is -0.370 e. The fourth-order valence-corrected chi connectivity index (χ4v) is 2.23. The molecule has 124 valence electrons. The van der Waals surface area contributed by atoms with E-state index in [1.54, 1.807) is 0 Å². The van der Waals surface area contributed by atoms with Gasteiger partial charge in [-0.2, -0.15) is 21.6 Å². The second-order valence-electron chi connectivity index (χ2n) is 4.36. The number of halogens is 3. The van der Waals surface area contributed by atoms with Gasteiger partial charge in [-0.15, -0.1) is 0 Å². The minimum absolute atomic E-state index is 0.0336. The van der Waals surface area contributed by atoms with E-state index in [-0.39, 0.29) is 16.6 Å². The summed E-state index contributed by atoms with van der Waals surface area (Å²) in [4.78, 5) is 21.8. The molecule has 0 aliphatic rings. The highest BCUT2D eigenvalue weighted by molar-refractivity contribution is 7.88. The Balaban J connectivity index is 2.68. The number of non-ortho nitro benzene ring substituents is 1. The number of alkyl halides is 3. The molecule has 2 aromatic rings. The van der Waals surface area contributed by atoms with Crippen LogP contribution in [0.3, 0.4) is 0 Å². The lowest BCUT2D eigenvalue weighted by atomic mass is 10.2. The molecule has 23 heavy (non-hydrogen) atoms. The fraction of sp³-hybridized carbons (Fsp3) is 0.182. The Hall–Kier alpha value is -2.63. The molecule has 1 heterocycles. The maximum absolute atomic E-state index is 12.3. The molecule has 1 aromatic carbocycles. The van der Waals surface area contributed by atoms with Crippen LogP contribution >= 0.6 is 0 Å². The molecule has 2 rings (SSSR count). The Kier molecular flexibility index (Phi) is 3.80. The predicted octanol–water partition coefficient (Wildman–Crippen LogP) is 1.68. The summed E-state index contributed by atoms with van der Waals surface area (Å²) in [5.74, 6) is -1.11. The summed E-state index contributed by atoms with van der Waals surface area (Å²) in [6, 6.07) is 3.97. The number of hydrogen-bond donors (Lipinski definition) is 0. The van der Waals surface area contributed by atoms with Gasteiger partial charge in [-0.3, -0.25) is 14.9 Å². The highest BCUT2D eigenvalue weighted by Gasteiger charge is 2.49. The molecule has 1 aromatic heterocycles. The summed E-state index contributed by atoms with van der Waals surface area (Å²) in [7, 11) is -4.88. The molecule has 12 heteroatoms. The summed E-state index contributed by atoms with van der Waals surface area (Å²) < 4.78 is 63.6. The highest BCUT2D eigenvalue weighted by atomic mass is 32.2. The second-order valence-corrected chi connectivity index (χ2v) is 5.89. The lowest BCUT2D eigenvalue weighted by Gasteiger charge is -2.11. The molecule has 0 aliphatic carbocycles. The molecule has 0 N–H and O–H groups in total. The average Bonchev–Trinajstić information content (AvgIpc) is 2.42. The molecule has 0 aliphatic heterocycles. The van der Waals surface area contributed by atoms with E-state index in [0.717, 1.165) is 23.7 Å². The van der Waals surface area contributed by atoms with Crippen LogP contribution in [0.25, 0.3) is 10.9 Å². The first kappa shape index (κ1) is 16.7. The van der Waals surface area contributed by atoms with E-state index in [4.69, 9.17) is 0 Å². The standard InChI is InChI=1S/C11H7F3N2O6S/c1-15-8-3-2-7(16(18)19)4-6(8)5-9(10(15)17)22-23(20,21)11(12,13)14/h2-5H,1H3. The number of rotatable bonds is 3. The number of nitro benzene ring substituents is 1. The van der Waals surface area contributed by atoms with Crippen LogP contribution < -0.4 is 9.74 Å². The zero-order valence-corrected chi connectivity index (χ0v) is 12.0. The molecule has 0 amide bonds. The number of fused-ring (bicyclic) bond motifs is 1. The van der Waals surface area contributed by atoms with Crippen molar-refractivity contribution in [3.05, 3.63) is 44.7 Å². The van der Waals surface area contributed by atoms with Crippen molar-refractivity contribution in [2.45, 2.75) is 5.51 Å². The maximum atomic E-state index is 12.3. The Morgan fingerprint density at radius 3 is 2.39 bits per heavy atom. The zero-order valence-electron chi connectivity index (χ0n) is 11.2. The van der Waals surface area contributed by atoms with Crippen LogP contribution in [0.4, 0.5) is 18.9 Å². The summed E-state index contributed by atoms with van der Waals surface area (Å²) >= 11 is 0. The molecule has 0 saturated heterocycles. The van der Waals surface area contributed by atoms with Crippen LogP contribution in [0.15, 0.2) is 29.1 Å². The van der Waals surface area contributed by atoms with Crippen LogP contribution in [0.5, 0.6) is 5.75 Å². The van der Waals surface area contributed by atoms with Gasteiger partial charge in [-0.1, -0.05) is 0 Å². The van der Waals surface area contributed by atoms with Crippen LogP contribution in [0.1, 0.15) is 0 Å². The van der Waals surface area contributed by atoms with E-state index < -0.39 is 31.9 Å². The van der Waals surface area contributed by atoms with Gasteiger partial charge in [0.15, 0.2) is 0 Å². The zero-order chi connectivity index (χ0) is 17.6. The Morgan fingerprint density at radius 2 is 1.87 bits per heavy atom. The van der Waals surface area contributed by atoms with Crippen molar-refractivity contribution in [2.75, 3.05) is 0 Å². The van der Waals surface area contributed by atoms with Gasteiger partial charge in [-0.05, 0) is 12.1 Å². The lowest BCUT2D eigenvalue weighted by Crippen LogP contribution is -2.31. The first-order valence-corrected chi connectivity index (χ1v) is 7.14. The predicted molar refractivity (Wildman–Crippen MR) is 71.4 cm³/mol. The van der Waals surface area contributed by atoms with E-state index in [1.807, 2.05) is 0 Å². The van der Waals surface area contributed by atoms with Crippen molar-refractivity contribution in [3.8, 4) is 5.75 Å². The molecule has 0 bridgehead atoms. The Morgan fingerprint density at radius 1 is 1.26 bits per heavy atom. The van der Waals surface area contributed by atoms with Crippen LogP contribution in [-0.4, -0.2) is 23.4 Å². The van der Waals surface area contributed by atoms with Crippen molar-refractivity contribution in [1.82, 2.24) is 4.57 Å². The fourth-order valence-electron chi connectivity index (χ4n) is 1.78. The maximum Gasteiger partial charge on any atom is 0.534 e. The van der Waals surface area contributed by atoms with Gasteiger partial charge in [0.25, 0.3) is 11.2 Å². The smallest absolute Gasteiger partial charge is 0.370 e. The number of hydrogen-bond acceptors (Lipinski definition) is 6. The van der Waals surface area contributed by atoms with E-state index in [2.05, 4.69) is 4.18 Å². The lowest BCUT2D eigenvalue weighted by molar-refractivity contribution is -0.384. The van der Waals surface area contributed by atoms with Crippen molar-refractivity contribution >= 4 is 26.7 Å². The quantitative estimate of drug-likeness (QED) is 0.360. The third-order valence-electron chi connectivity index (χ3n) is 2.87. The molecule has 0 fully saturated rings. The largest absolute Gasteiger partial charge is 0.534 e. The van der Waals surface area contributed by atoms with Gasteiger partial charge in [0.05, 0.1) is 10.4 Å². The van der Waals surface area contributed by atoms with E-state index >= 15 is 0 Å². The average molecular weight is 352 g/mol.